The Hall–Kier alpha value is -3.48. The second kappa shape index (κ2) is 8.06. The molecule has 0 saturated carbocycles. The van der Waals surface area contributed by atoms with E-state index in [4.69, 9.17) is 4.52 Å². The highest BCUT2D eigenvalue weighted by Gasteiger charge is 2.10. The van der Waals surface area contributed by atoms with E-state index in [1.54, 1.807) is 24.3 Å². The molecule has 2 amide bonds. The van der Waals surface area contributed by atoms with Crippen molar-refractivity contribution in [2.45, 2.75) is 19.8 Å². The minimum Gasteiger partial charge on any atom is -0.339 e. The maximum atomic E-state index is 12.1. The molecular weight excluding hydrogens is 332 g/mol. The molecule has 3 rings (SSSR count). The van der Waals surface area contributed by atoms with Crippen molar-refractivity contribution in [3.05, 3.63) is 60.5 Å². The molecule has 2 N–H and O–H groups in total. The number of rotatable bonds is 6. The van der Waals surface area contributed by atoms with Crippen molar-refractivity contribution >= 4 is 23.2 Å². The van der Waals surface area contributed by atoms with Crippen molar-refractivity contribution in [3.63, 3.8) is 0 Å². The van der Waals surface area contributed by atoms with Crippen LogP contribution in [0.15, 0.2) is 59.1 Å². The molecular formula is C19H18N4O3. The lowest BCUT2D eigenvalue weighted by molar-refractivity contribution is -0.116. The normalized spacial score (nSPS) is 10.3. The molecule has 2 aromatic carbocycles. The van der Waals surface area contributed by atoms with E-state index < -0.39 is 0 Å². The second-order valence-corrected chi connectivity index (χ2v) is 5.68. The van der Waals surface area contributed by atoms with Crippen molar-refractivity contribution in [2.75, 3.05) is 10.6 Å². The van der Waals surface area contributed by atoms with E-state index in [1.807, 2.05) is 30.3 Å². The number of nitrogens with zero attached hydrogens (tertiary/aromatic N) is 2. The Morgan fingerprint density at radius 1 is 0.962 bits per heavy atom. The maximum Gasteiger partial charge on any atom is 0.227 e. The van der Waals surface area contributed by atoms with Crippen LogP contribution in [0.4, 0.5) is 11.4 Å². The summed E-state index contributed by atoms with van der Waals surface area (Å²) in [6, 6.07) is 16.4. The fourth-order valence-electron chi connectivity index (χ4n) is 2.34. The fraction of sp³-hybridized carbons (Fsp3) is 0.158. The smallest absolute Gasteiger partial charge is 0.227 e. The molecule has 0 aliphatic rings. The van der Waals surface area contributed by atoms with Crippen LogP contribution in [0.5, 0.6) is 0 Å². The Balaban J connectivity index is 1.51. The first kappa shape index (κ1) is 17.3. The molecule has 0 spiro atoms. The molecule has 3 aromatic rings. The van der Waals surface area contributed by atoms with Gasteiger partial charge in [-0.15, -0.1) is 0 Å². The zero-order valence-electron chi connectivity index (χ0n) is 14.2. The summed E-state index contributed by atoms with van der Waals surface area (Å²) in [5.74, 6) is 0.627. The van der Waals surface area contributed by atoms with E-state index in [9.17, 15) is 9.59 Å². The molecule has 0 unspecified atom stereocenters. The topological polar surface area (TPSA) is 97.1 Å². The predicted molar refractivity (Wildman–Crippen MR) is 97.4 cm³/mol. The highest BCUT2D eigenvalue weighted by atomic mass is 16.5. The van der Waals surface area contributed by atoms with Crippen molar-refractivity contribution in [1.82, 2.24) is 10.1 Å². The molecule has 1 heterocycles. The molecule has 7 heteroatoms. The van der Waals surface area contributed by atoms with Gasteiger partial charge in [0.1, 0.15) is 0 Å². The van der Waals surface area contributed by atoms with Gasteiger partial charge in [0.2, 0.25) is 23.5 Å². The number of hydrogen-bond acceptors (Lipinski definition) is 5. The second-order valence-electron chi connectivity index (χ2n) is 5.68. The van der Waals surface area contributed by atoms with Gasteiger partial charge in [0.05, 0.1) is 0 Å². The molecule has 1 aromatic heterocycles. The number of carbonyl (C=O) groups is 2. The van der Waals surface area contributed by atoms with Gasteiger partial charge >= 0.3 is 0 Å². The summed E-state index contributed by atoms with van der Waals surface area (Å²) in [6.45, 7) is 1.44. The number of benzene rings is 2. The highest BCUT2D eigenvalue weighted by molar-refractivity contribution is 5.92. The molecule has 0 aliphatic heterocycles. The monoisotopic (exact) mass is 350 g/mol. The van der Waals surface area contributed by atoms with Crippen molar-refractivity contribution in [1.29, 1.82) is 0 Å². The van der Waals surface area contributed by atoms with Gasteiger partial charge in [-0.05, 0) is 24.3 Å². The van der Waals surface area contributed by atoms with Crippen LogP contribution in [-0.2, 0) is 16.0 Å². The van der Waals surface area contributed by atoms with Crippen LogP contribution in [0, 0.1) is 0 Å². The molecule has 26 heavy (non-hydrogen) atoms. The van der Waals surface area contributed by atoms with E-state index in [-0.39, 0.29) is 18.2 Å². The summed E-state index contributed by atoms with van der Waals surface area (Å²) in [4.78, 5) is 27.3. The van der Waals surface area contributed by atoms with Gasteiger partial charge in [-0.3, -0.25) is 9.59 Å². The van der Waals surface area contributed by atoms with Crippen molar-refractivity contribution in [2.24, 2.45) is 0 Å². The first-order valence-corrected chi connectivity index (χ1v) is 8.15. The minimum atomic E-state index is -0.156. The van der Waals surface area contributed by atoms with E-state index in [0.717, 1.165) is 5.56 Å². The van der Waals surface area contributed by atoms with Crippen LogP contribution in [0.2, 0.25) is 0 Å². The standard InChI is InChI=1S/C19H18N4O3/c1-13(24)20-15-7-9-16(10-8-15)21-17(25)11-12-18-22-19(23-26-18)14-5-3-2-4-6-14/h2-10H,11-12H2,1H3,(H,20,24)(H,21,25). The molecule has 0 atom stereocenters. The highest BCUT2D eigenvalue weighted by Crippen LogP contribution is 2.16. The summed E-state index contributed by atoms with van der Waals surface area (Å²) in [6.07, 6.45) is 0.583. The molecule has 0 bridgehead atoms. The van der Waals surface area contributed by atoms with Gasteiger partial charge in [0.25, 0.3) is 0 Å². The van der Waals surface area contributed by atoms with Gasteiger partial charge in [-0.2, -0.15) is 4.98 Å². The Morgan fingerprint density at radius 2 is 1.62 bits per heavy atom. The van der Waals surface area contributed by atoms with Crippen molar-refractivity contribution in [3.8, 4) is 11.4 Å². The third kappa shape index (κ3) is 4.76. The van der Waals surface area contributed by atoms with Gasteiger partial charge in [-0.1, -0.05) is 35.5 Å². The number of hydrogen-bond donors (Lipinski definition) is 2. The van der Waals surface area contributed by atoms with Crippen LogP contribution in [-0.4, -0.2) is 22.0 Å². The average molecular weight is 350 g/mol. The van der Waals surface area contributed by atoms with Gasteiger partial charge in [-0.25, -0.2) is 0 Å². The number of aryl methyl sites for hydroxylation is 1. The summed E-state index contributed by atoms with van der Waals surface area (Å²) >= 11 is 0. The lowest BCUT2D eigenvalue weighted by atomic mass is 10.2. The summed E-state index contributed by atoms with van der Waals surface area (Å²) in [5.41, 5.74) is 2.20. The summed E-state index contributed by atoms with van der Waals surface area (Å²) in [5, 5.41) is 9.39. The van der Waals surface area contributed by atoms with Crippen LogP contribution in [0.1, 0.15) is 19.2 Å². The number of aromatic nitrogens is 2. The molecule has 0 radical (unpaired) electrons. The summed E-state index contributed by atoms with van der Waals surface area (Å²) in [7, 11) is 0. The van der Waals surface area contributed by atoms with Gasteiger partial charge in [0.15, 0.2) is 0 Å². The van der Waals surface area contributed by atoms with Crippen LogP contribution >= 0.6 is 0 Å². The number of anilines is 2. The van der Waals surface area contributed by atoms with E-state index >= 15 is 0 Å². The number of amides is 2. The fourth-order valence-corrected chi connectivity index (χ4v) is 2.34. The zero-order valence-corrected chi connectivity index (χ0v) is 14.2. The van der Waals surface area contributed by atoms with Crippen LogP contribution < -0.4 is 10.6 Å². The Bertz CT molecular complexity index is 889. The molecule has 0 saturated heterocycles. The largest absolute Gasteiger partial charge is 0.339 e. The maximum absolute atomic E-state index is 12.1. The Morgan fingerprint density at radius 3 is 2.27 bits per heavy atom. The molecule has 0 aliphatic carbocycles. The molecule has 7 nitrogen and oxygen atoms in total. The van der Waals surface area contributed by atoms with Crippen LogP contribution in [0.3, 0.4) is 0 Å². The Kier molecular flexibility index (Phi) is 5.38. The average Bonchev–Trinajstić information content (AvgIpc) is 3.11. The quantitative estimate of drug-likeness (QED) is 0.711. The molecule has 0 fully saturated rings. The van der Waals surface area contributed by atoms with Gasteiger partial charge in [0, 0.05) is 36.7 Å². The SMILES string of the molecule is CC(=O)Nc1ccc(NC(=O)CCc2nc(-c3ccccc3)no2)cc1. The van der Waals surface area contributed by atoms with Crippen molar-refractivity contribution < 1.29 is 14.1 Å². The summed E-state index contributed by atoms with van der Waals surface area (Å²) < 4.78 is 5.19. The zero-order chi connectivity index (χ0) is 18.4. The third-order valence-corrected chi connectivity index (χ3v) is 3.56. The third-order valence-electron chi connectivity index (χ3n) is 3.56. The first-order valence-electron chi connectivity index (χ1n) is 8.15. The van der Waals surface area contributed by atoms with Gasteiger partial charge < -0.3 is 15.2 Å². The van der Waals surface area contributed by atoms with E-state index in [1.165, 1.54) is 6.92 Å². The molecule has 132 valence electrons. The lowest BCUT2D eigenvalue weighted by Crippen LogP contribution is -2.12. The number of nitrogens with one attached hydrogen (secondary N) is 2. The Labute approximate surface area is 150 Å². The first-order chi connectivity index (χ1) is 12.6. The van der Waals surface area contributed by atoms with E-state index in [2.05, 4.69) is 20.8 Å². The number of carbonyl (C=O) groups excluding carboxylic acids is 2. The minimum absolute atomic E-state index is 0.142. The predicted octanol–water partition coefficient (Wildman–Crippen LogP) is 3.27. The lowest BCUT2D eigenvalue weighted by Gasteiger charge is -2.06. The van der Waals surface area contributed by atoms with E-state index in [0.29, 0.717) is 29.5 Å². The van der Waals surface area contributed by atoms with Crippen LogP contribution in [0.25, 0.3) is 11.4 Å².